The fourth-order valence-corrected chi connectivity index (χ4v) is 5.50. The lowest BCUT2D eigenvalue weighted by Crippen LogP contribution is -2.14. The summed E-state index contributed by atoms with van der Waals surface area (Å²) >= 11 is 2.56. The molecular formula is C19H23F3N8OS2. The summed E-state index contributed by atoms with van der Waals surface area (Å²) in [6.07, 6.45) is 1.30. The number of aromatic nitrogens is 7. The van der Waals surface area contributed by atoms with Crippen molar-refractivity contribution < 1.29 is 18.0 Å². The summed E-state index contributed by atoms with van der Waals surface area (Å²) < 4.78 is 41.8. The van der Waals surface area contributed by atoms with Crippen LogP contribution in [0.2, 0.25) is 0 Å². The van der Waals surface area contributed by atoms with Gasteiger partial charge in [-0.3, -0.25) is 14.8 Å². The molecule has 1 aliphatic carbocycles. The molecule has 178 valence electrons. The number of hydrogen-bond donors (Lipinski definition) is 1. The van der Waals surface area contributed by atoms with E-state index in [0.717, 1.165) is 40.4 Å². The van der Waals surface area contributed by atoms with Gasteiger partial charge in [-0.1, -0.05) is 42.4 Å². The lowest BCUT2D eigenvalue weighted by Gasteiger charge is -2.18. The Kier molecular flexibility index (Phi) is 7.02. The maximum absolute atomic E-state index is 13.0. The molecule has 3 heterocycles. The number of alkyl halides is 3. The minimum Gasteiger partial charge on any atom is -0.301 e. The molecule has 0 aliphatic heterocycles. The van der Waals surface area contributed by atoms with Gasteiger partial charge in [-0.2, -0.15) is 18.3 Å². The van der Waals surface area contributed by atoms with Crippen LogP contribution in [0.3, 0.4) is 0 Å². The smallest absolute Gasteiger partial charge is 0.301 e. The molecule has 0 bridgehead atoms. The lowest BCUT2D eigenvalue weighted by molar-refractivity contribution is -0.141. The summed E-state index contributed by atoms with van der Waals surface area (Å²) in [5, 5.41) is 24.6. The number of carbonyl (C=O) groups is 1. The molecule has 4 rings (SSSR count). The van der Waals surface area contributed by atoms with Crippen molar-refractivity contribution in [1.29, 1.82) is 0 Å². The van der Waals surface area contributed by atoms with Gasteiger partial charge in [0.15, 0.2) is 16.7 Å². The van der Waals surface area contributed by atoms with Gasteiger partial charge >= 0.3 is 6.18 Å². The molecule has 3 aromatic heterocycles. The van der Waals surface area contributed by atoms with Crippen LogP contribution in [-0.2, 0) is 24.6 Å². The van der Waals surface area contributed by atoms with Gasteiger partial charge in [0.05, 0.1) is 5.75 Å². The molecule has 1 saturated carbocycles. The third-order valence-electron chi connectivity index (χ3n) is 5.41. The van der Waals surface area contributed by atoms with E-state index in [2.05, 4.69) is 30.8 Å². The first-order valence-corrected chi connectivity index (χ1v) is 12.4. The highest BCUT2D eigenvalue weighted by atomic mass is 32.2. The average Bonchev–Trinajstić information content (AvgIpc) is 3.50. The second-order valence-corrected chi connectivity index (χ2v) is 9.66. The van der Waals surface area contributed by atoms with Crippen LogP contribution in [0.25, 0.3) is 11.5 Å². The molecule has 0 saturated heterocycles. The predicted molar refractivity (Wildman–Crippen MR) is 118 cm³/mol. The summed E-state index contributed by atoms with van der Waals surface area (Å²) in [6.45, 7) is 2.24. The van der Waals surface area contributed by atoms with Gasteiger partial charge in [0.25, 0.3) is 0 Å². The summed E-state index contributed by atoms with van der Waals surface area (Å²) in [4.78, 5) is 12.4. The Balaban J connectivity index is 1.40. The van der Waals surface area contributed by atoms with Crippen molar-refractivity contribution in [1.82, 2.24) is 34.7 Å². The van der Waals surface area contributed by atoms with Crippen LogP contribution in [0.5, 0.6) is 0 Å². The highest BCUT2D eigenvalue weighted by Gasteiger charge is 2.35. The normalized spacial score (nSPS) is 15.2. The van der Waals surface area contributed by atoms with Crippen LogP contribution in [0.4, 0.5) is 18.3 Å². The molecule has 3 aromatic rings. The van der Waals surface area contributed by atoms with Crippen molar-refractivity contribution in [3.05, 3.63) is 16.8 Å². The third-order valence-corrected chi connectivity index (χ3v) is 7.37. The van der Waals surface area contributed by atoms with Gasteiger partial charge < -0.3 is 4.57 Å². The maximum atomic E-state index is 13.0. The third kappa shape index (κ3) is 5.37. The second kappa shape index (κ2) is 9.79. The van der Waals surface area contributed by atoms with Gasteiger partial charge in [0, 0.05) is 19.5 Å². The molecule has 0 unspecified atom stereocenters. The van der Waals surface area contributed by atoms with E-state index >= 15 is 0 Å². The topological polar surface area (TPSA) is 103 Å². The summed E-state index contributed by atoms with van der Waals surface area (Å²) in [5.41, 5.74) is -0.805. The maximum Gasteiger partial charge on any atom is 0.435 e. The van der Waals surface area contributed by atoms with Crippen LogP contribution in [0.1, 0.15) is 55.6 Å². The Labute approximate surface area is 196 Å². The zero-order valence-electron chi connectivity index (χ0n) is 18.1. The average molecular weight is 501 g/mol. The molecule has 14 heteroatoms. The second-order valence-electron chi connectivity index (χ2n) is 7.70. The molecule has 0 aromatic carbocycles. The van der Waals surface area contributed by atoms with E-state index in [9.17, 15) is 18.0 Å². The Bertz CT molecular complexity index is 1120. The largest absolute Gasteiger partial charge is 0.435 e. The number of anilines is 1. The minimum atomic E-state index is -4.55. The number of carbonyl (C=O) groups excluding carboxylic acids is 1. The number of nitrogens with one attached hydrogen (secondary N) is 1. The molecule has 33 heavy (non-hydrogen) atoms. The quantitative estimate of drug-likeness (QED) is 0.481. The van der Waals surface area contributed by atoms with Crippen LogP contribution in [-0.4, -0.2) is 46.4 Å². The van der Waals surface area contributed by atoms with Crippen molar-refractivity contribution in [2.75, 3.05) is 11.1 Å². The summed E-state index contributed by atoms with van der Waals surface area (Å²) in [5.74, 6) is 0.462. The number of halogens is 3. The summed E-state index contributed by atoms with van der Waals surface area (Å²) in [7, 11) is 1.42. The molecular weight excluding hydrogens is 477 g/mol. The predicted octanol–water partition coefficient (Wildman–Crippen LogP) is 4.35. The number of aryl methyl sites for hydroxylation is 1. The van der Waals surface area contributed by atoms with E-state index in [4.69, 9.17) is 0 Å². The van der Waals surface area contributed by atoms with Crippen molar-refractivity contribution in [3.8, 4) is 11.5 Å². The highest BCUT2D eigenvalue weighted by Crippen LogP contribution is 2.35. The SMILES string of the molecule is CCn1c(SCC(=O)Nc2nnc(C3CCCCC3)s2)nnc1-c1cc(C(F)(F)F)nn1C. The van der Waals surface area contributed by atoms with Gasteiger partial charge in [0.2, 0.25) is 11.0 Å². The van der Waals surface area contributed by atoms with Crippen LogP contribution >= 0.6 is 23.1 Å². The van der Waals surface area contributed by atoms with Gasteiger partial charge in [-0.05, 0) is 25.8 Å². The lowest BCUT2D eigenvalue weighted by atomic mass is 9.90. The zero-order valence-corrected chi connectivity index (χ0v) is 19.7. The minimum absolute atomic E-state index is 0.0513. The molecule has 0 radical (unpaired) electrons. The number of rotatable bonds is 7. The monoisotopic (exact) mass is 500 g/mol. The van der Waals surface area contributed by atoms with Crippen molar-refractivity contribution >= 4 is 34.1 Å². The number of thioether (sulfide) groups is 1. The Morgan fingerprint density at radius 3 is 2.64 bits per heavy atom. The van der Waals surface area contributed by atoms with E-state index < -0.39 is 11.9 Å². The van der Waals surface area contributed by atoms with E-state index in [-0.39, 0.29) is 23.2 Å². The summed E-state index contributed by atoms with van der Waals surface area (Å²) in [6, 6.07) is 0.941. The van der Waals surface area contributed by atoms with Gasteiger partial charge in [-0.25, -0.2) is 0 Å². The van der Waals surface area contributed by atoms with Crippen molar-refractivity contribution in [2.45, 2.75) is 62.8 Å². The Morgan fingerprint density at radius 2 is 1.97 bits per heavy atom. The number of hydrogen-bond acceptors (Lipinski definition) is 8. The fraction of sp³-hybridized carbons (Fsp3) is 0.579. The number of amides is 1. The van der Waals surface area contributed by atoms with E-state index in [0.29, 0.717) is 22.8 Å². The standard InChI is InChI=1S/C19H23F3N8OS2/c1-3-30-15(12-9-13(19(20,21)22)28-29(12)2)24-27-18(30)32-10-14(31)23-17-26-25-16(33-17)11-7-5-4-6-8-11/h9,11H,3-8,10H2,1-2H3,(H,23,26,31). The van der Waals surface area contributed by atoms with E-state index in [1.807, 2.05) is 6.92 Å². The first kappa shape index (κ1) is 23.7. The van der Waals surface area contributed by atoms with E-state index in [1.165, 1.54) is 37.6 Å². The van der Waals surface area contributed by atoms with Gasteiger partial charge in [0.1, 0.15) is 10.7 Å². The molecule has 1 N–H and O–H groups in total. The first-order valence-electron chi connectivity index (χ1n) is 10.6. The van der Waals surface area contributed by atoms with Crippen molar-refractivity contribution in [3.63, 3.8) is 0 Å². The molecule has 1 fully saturated rings. The fourth-order valence-electron chi connectivity index (χ4n) is 3.77. The highest BCUT2D eigenvalue weighted by molar-refractivity contribution is 7.99. The van der Waals surface area contributed by atoms with Crippen LogP contribution in [0, 0.1) is 0 Å². The first-order chi connectivity index (χ1) is 15.8. The van der Waals surface area contributed by atoms with Crippen LogP contribution in [0.15, 0.2) is 11.2 Å². The molecule has 0 atom stereocenters. The molecule has 0 spiro atoms. The Hall–Kier alpha value is -2.48. The number of nitrogens with zero attached hydrogens (tertiary/aromatic N) is 7. The molecule has 1 amide bonds. The van der Waals surface area contributed by atoms with Gasteiger partial charge in [-0.15, -0.1) is 20.4 Å². The van der Waals surface area contributed by atoms with Crippen LogP contribution < -0.4 is 5.32 Å². The Morgan fingerprint density at radius 1 is 1.21 bits per heavy atom. The molecule has 9 nitrogen and oxygen atoms in total. The molecule has 1 aliphatic rings. The van der Waals surface area contributed by atoms with Crippen molar-refractivity contribution in [2.24, 2.45) is 7.05 Å². The zero-order chi connectivity index (χ0) is 23.6. The van der Waals surface area contributed by atoms with E-state index in [1.54, 1.807) is 4.57 Å².